The number of ether oxygens (including phenoxy) is 1. The number of aryl methyl sites for hydroxylation is 1. The molecular formula is C15H20ClN5O. The zero-order valence-electron chi connectivity index (χ0n) is 12.4. The van der Waals surface area contributed by atoms with E-state index in [1.807, 2.05) is 18.2 Å². The van der Waals surface area contributed by atoms with Gasteiger partial charge < -0.3 is 10.1 Å². The van der Waals surface area contributed by atoms with Crippen LogP contribution in [0.15, 0.2) is 24.4 Å². The van der Waals surface area contributed by atoms with E-state index in [0.717, 1.165) is 62.2 Å². The second-order valence-electron chi connectivity index (χ2n) is 5.35. The van der Waals surface area contributed by atoms with Gasteiger partial charge in [0.2, 0.25) is 0 Å². The first-order valence-corrected chi connectivity index (χ1v) is 7.91. The third kappa shape index (κ3) is 4.19. The fraction of sp³-hybridized carbons (Fsp3) is 0.467. The first kappa shape index (κ1) is 15.3. The molecule has 0 aliphatic carbocycles. The standard InChI is InChI=1S/C15H20ClN5O/c16-13-3-4-14(18-15-11-17-20-19-15)12(10-13)2-1-5-21-6-8-22-9-7-21/h3-4,10-11H,1-2,5-9H2,(H2,17,18,19,20). The molecule has 0 amide bonds. The van der Waals surface area contributed by atoms with E-state index in [-0.39, 0.29) is 0 Å². The Morgan fingerprint density at radius 2 is 2.18 bits per heavy atom. The lowest BCUT2D eigenvalue weighted by Crippen LogP contribution is -2.36. The molecule has 118 valence electrons. The van der Waals surface area contributed by atoms with Gasteiger partial charge in [-0.3, -0.25) is 4.90 Å². The van der Waals surface area contributed by atoms with Gasteiger partial charge in [-0.05, 0) is 43.1 Å². The lowest BCUT2D eigenvalue weighted by atomic mass is 10.1. The van der Waals surface area contributed by atoms with E-state index in [4.69, 9.17) is 16.3 Å². The molecular weight excluding hydrogens is 302 g/mol. The van der Waals surface area contributed by atoms with Crippen molar-refractivity contribution in [1.29, 1.82) is 0 Å². The molecule has 6 nitrogen and oxygen atoms in total. The molecule has 2 aromatic rings. The molecule has 1 aliphatic heterocycles. The van der Waals surface area contributed by atoms with Gasteiger partial charge in [0.05, 0.1) is 19.4 Å². The van der Waals surface area contributed by atoms with E-state index in [0.29, 0.717) is 0 Å². The predicted octanol–water partition coefficient (Wildman–Crippen LogP) is 2.47. The van der Waals surface area contributed by atoms with Crippen LogP contribution in [0.5, 0.6) is 0 Å². The molecule has 0 radical (unpaired) electrons. The van der Waals surface area contributed by atoms with Crippen LogP contribution in [0.3, 0.4) is 0 Å². The first-order chi connectivity index (χ1) is 10.8. The van der Waals surface area contributed by atoms with E-state index in [1.54, 1.807) is 6.20 Å². The molecule has 2 N–H and O–H groups in total. The van der Waals surface area contributed by atoms with Gasteiger partial charge in [0, 0.05) is 23.8 Å². The quantitative estimate of drug-likeness (QED) is 0.855. The van der Waals surface area contributed by atoms with Gasteiger partial charge in [0.1, 0.15) is 5.82 Å². The second-order valence-corrected chi connectivity index (χ2v) is 5.79. The van der Waals surface area contributed by atoms with Gasteiger partial charge in [0.15, 0.2) is 0 Å². The number of halogens is 1. The van der Waals surface area contributed by atoms with E-state index in [1.165, 1.54) is 5.56 Å². The van der Waals surface area contributed by atoms with E-state index in [9.17, 15) is 0 Å². The van der Waals surface area contributed by atoms with E-state index in [2.05, 4.69) is 25.6 Å². The summed E-state index contributed by atoms with van der Waals surface area (Å²) in [7, 11) is 0. The smallest absolute Gasteiger partial charge is 0.146 e. The average Bonchev–Trinajstić information content (AvgIpc) is 3.04. The number of morpholine rings is 1. The fourth-order valence-corrected chi connectivity index (χ4v) is 2.81. The van der Waals surface area contributed by atoms with Gasteiger partial charge in [-0.25, -0.2) is 5.10 Å². The molecule has 0 atom stereocenters. The van der Waals surface area contributed by atoms with Crippen molar-refractivity contribution in [2.45, 2.75) is 12.8 Å². The maximum Gasteiger partial charge on any atom is 0.146 e. The summed E-state index contributed by atoms with van der Waals surface area (Å²) in [6, 6.07) is 5.90. The maximum atomic E-state index is 6.14. The number of hydrogen-bond donors (Lipinski definition) is 2. The first-order valence-electron chi connectivity index (χ1n) is 7.53. The van der Waals surface area contributed by atoms with Crippen molar-refractivity contribution in [3.63, 3.8) is 0 Å². The number of aromatic amines is 1. The highest BCUT2D eigenvalue weighted by Gasteiger charge is 2.11. The van der Waals surface area contributed by atoms with Gasteiger partial charge in [0.25, 0.3) is 0 Å². The highest BCUT2D eigenvalue weighted by molar-refractivity contribution is 6.30. The summed E-state index contributed by atoms with van der Waals surface area (Å²) in [5, 5.41) is 14.3. The molecule has 0 unspecified atom stereocenters. The Balaban J connectivity index is 1.60. The zero-order chi connectivity index (χ0) is 15.2. The van der Waals surface area contributed by atoms with Crippen molar-refractivity contribution >= 4 is 23.1 Å². The number of nitrogens with zero attached hydrogens (tertiary/aromatic N) is 3. The minimum atomic E-state index is 0.759. The van der Waals surface area contributed by atoms with Crippen molar-refractivity contribution < 1.29 is 4.74 Å². The Bertz CT molecular complexity index is 584. The molecule has 1 saturated heterocycles. The molecule has 1 aromatic heterocycles. The minimum Gasteiger partial charge on any atom is -0.379 e. The predicted molar refractivity (Wildman–Crippen MR) is 86.7 cm³/mol. The van der Waals surface area contributed by atoms with Crippen molar-refractivity contribution in [3.8, 4) is 0 Å². The summed E-state index contributed by atoms with van der Waals surface area (Å²) in [6.07, 6.45) is 3.73. The third-order valence-corrected chi connectivity index (χ3v) is 4.01. The molecule has 1 fully saturated rings. The normalized spacial score (nSPS) is 15.9. The topological polar surface area (TPSA) is 66.1 Å². The molecule has 1 aromatic carbocycles. The second kappa shape index (κ2) is 7.58. The Kier molecular flexibility index (Phi) is 5.26. The number of nitrogens with one attached hydrogen (secondary N) is 2. The number of hydrogen-bond acceptors (Lipinski definition) is 5. The number of aromatic nitrogens is 3. The number of rotatable bonds is 6. The van der Waals surface area contributed by atoms with Gasteiger partial charge in [-0.15, -0.1) is 5.10 Å². The molecule has 2 heterocycles. The van der Waals surface area contributed by atoms with Crippen molar-refractivity contribution in [1.82, 2.24) is 20.3 Å². The lowest BCUT2D eigenvalue weighted by molar-refractivity contribution is 0.0375. The van der Waals surface area contributed by atoms with Crippen LogP contribution >= 0.6 is 11.6 Å². The number of benzene rings is 1. The zero-order valence-corrected chi connectivity index (χ0v) is 13.1. The van der Waals surface area contributed by atoms with Gasteiger partial charge in [-0.1, -0.05) is 16.8 Å². The monoisotopic (exact) mass is 321 g/mol. The third-order valence-electron chi connectivity index (χ3n) is 3.78. The van der Waals surface area contributed by atoms with Crippen LogP contribution in [0.4, 0.5) is 11.5 Å². The molecule has 3 rings (SSSR count). The van der Waals surface area contributed by atoms with Crippen molar-refractivity contribution in [3.05, 3.63) is 35.0 Å². The van der Waals surface area contributed by atoms with Gasteiger partial charge >= 0.3 is 0 Å². The van der Waals surface area contributed by atoms with Gasteiger partial charge in [-0.2, -0.15) is 0 Å². The molecule has 0 spiro atoms. The largest absolute Gasteiger partial charge is 0.379 e. The van der Waals surface area contributed by atoms with Crippen LogP contribution in [-0.4, -0.2) is 53.2 Å². The Hall–Kier alpha value is -1.63. The van der Waals surface area contributed by atoms with Crippen LogP contribution < -0.4 is 5.32 Å². The average molecular weight is 322 g/mol. The SMILES string of the molecule is Clc1ccc(Nc2cnn[nH]2)c(CCCN2CCOCC2)c1. The Morgan fingerprint density at radius 1 is 1.32 bits per heavy atom. The van der Waals surface area contributed by atoms with Crippen molar-refractivity contribution in [2.75, 3.05) is 38.2 Å². The highest BCUT2D eigenvalue weighted by atomic mass is 35.5. The van der Waals surface area contributed by atoms with E-state index < -0.39 is 0 Å². The van der Waals surface area contributed by atoms with Crippen LogP contribution in [0.2, 0.25) is 5.02 Å². The summed E-state index contributed by atoms with van der Waals surface area (Å²) in [6.45, 7) is 4.83. The molecule has 0 bridgehead atoms. The lowest BCUT2D eigenvalue weighted by Gasteiger charge is -2.26. The maximum absolute atomic E-state index is 6.14. The van der Waals surface area contributed by atoms with E-state index >= 15 is 0 Å². The van der Waals surface area contributed by atoms with Crippen LogP contribution in [0.25, 0.3) is 0 Å². The summed E-state index contributed by atoms with van der Waals surface area (Å²) < 4.78 is 5.37. The molecule has 7 heteroatoms. The Morgan fingerprint density at radius 3 is 2.95 bits per heavy atom. The summed E-state index contributed by atoms with van der Waals surface area (Å²) >= 11 is 6.14. The van der Waals surface area contributed by atoms with Crippen LogP contribution in [0, 0.1) is 0 Å². The fourth-order valence-electron chi connectivity index (χ4n) is 2.61. The van der Waals surface area contributed by atoms with Crippen molar-refractivity contribution in [2.24, 2.45) is 0 Å². The summed E-state index contributed by atoms with van der Waals surface area (Å²) in [4.78, 5) is 2.44. The number of anilines is 2. The Labute approximate surface area is 134 Å². The molecule has 22 heavy (non-hydrogen) atoms. The van der Waals surface area contributed by atoms with Crippen LogP contribution in [0.1, 0.15) is 12.0 Å². The minimum absolute atomic E-state index is 0.759. The summed E-state index contributed by atoms with van der Waals surface area (Å²) in [5.74, 6) is 0.775. The highest BCUT2D eigenvalue weighted by Crippen LogP contribution is 2.24. The molecule has 0 saturated carbocycles. The molecule has 1 aliphatic rings. The number of H-pyrrole nitrogens is 1. The summed E-state index contributed by atoms with van der Waals surface area (Å²) in [5.41, 5.74) is 2.24. The van der Waals surface area contributed by atoms with Crippen LogP contribution in [-0.2, 0) is 11.2 Å².